The molecule has 0 aromatic heterocycles. The summed E-state index contributed by atoms with van der Waals surface area (Å²) in [4.78, 5) is 14.3. The fraction of sp³-hybridized carbons (Fsp3) is 0.769. The molecule has 0 saturated heterocycles. The van der Waals surface area contributed by atoms with E-state index in [1.807, 2.05) is 18.9 Å². The molecular weight excluding hydrogens is 214 g/mol. The topological polar surface area (TPSA) is 44.4 Å². The normalized spacial score (nSPS) is 17.2. The van der Waals surface area contributed by atoms with Crippen molar-refractivity contribution in [2.75, 3.05) is 20.1 Å². The third-order valence-corrected chi connectivity index (χ3v) is 3.67. The molecule has 17 heavy (non-hydrogen) atoms. The minimum Gasteiger partial charge on any atom is -0.385 e. The first-order valence-electron chi connectivity index (χ1n) is 6.24. The summed E-state index contributed by atoms with van der Waals surface area (Å²) >= 11 is 0. The number of likely N-dealkylation sites (N-methyl/N-ethyl adjacent to an activating group) is 1. The van der Waals surface area contributed by atoms with Crippen LogP contribution in [0.25, 0.3) is 0 Å². The summed E-state index contributed by atoms with van der Waals surface area (Å²) < 4.78 is 0. The molecule has 4 nitrogen and oxygen atoms in total. The highest BCUT2D eigenvalue weighted by atomic mass is 16.2. The fourth-order valence-electron chi connectivity index (χ4n) is 1.73. The number of allylic oxidation sites excluding steroid dienone is 1. The lowest BCUT2D eigenvalue weighted by molar-refractivity contribution is -0.121. The second-order valence-electron chi connectivity index (χ2n) is 5.65. The third-order valence-electron chi connectivity index (χ3n) is 3.67. The van der Waals surface area contributed by atoms with Gasteiger partial charge in [0.05, 0.1) is 0 Å². The fourth-order valence-corrected chi connectivity index (χ4v) is 1.73. The van der Waals surface area contributed by atoms with Crippen LogP contribution in [0, 0.1) is 5.92 Å². The Hall–Kier alpha value is -1.19. The number of hydrogen-bond donors (Lipinski definition) is 2. The largest absolute Gasteiger partial charge is 0.385 e. The Balaban J connectivity index is 2.83. The van der Waals surface area contributed by atoms with E-state index >= 15 is 0 Å². The van der Waals surface area contributed by atoms with Gasteiger partial charge in [0, 0.05) is 31.4 Å². The monoisotopic (exact) mass is 239 g/mol. The molecule has 0 aromatic carbocycles. The number of hydrogen-bond acceptors (Lipinski definition) is 3. The van der Waals surface area contributed by atoms with Crippen LogP contribution in [0.1, 0.15) is 34.6 Å². The summed E-state index contributed by atoms with van der Waals surface area (Å²) in [5.41, 5.74) is 1.52. The summed E-state index contributed by atoms with van der Waals surface area (Å²) in [6.07, 6.45) is 0. The maximum absolute atomic E-state index is 12.3. The maximum Gasteiger partial charge on any atom is 0.269 e. The van der Waals surface area contributed by atoms with Crippen LogP contribution in [0.15, 0.2) is 11.4 Å². The van der Waals surface area contributed by atoms with Crippen molar-refractivity contribution in [2.24, 2.45) is 5.92 Å². The van der Waals surface area contributed by atoms with Crippen molar-refractivity contribution in [1.29, 1.82) is 0 Å². The predicted octanol–water partition coefficient (Wildman–Crippen LogP) is 1.30. The standard InChI is InChI=1S/C13H25N3O/c1-9(2)13(4,5)15-12(17)11-10(3)14-7-8-16(11)6/h9,14H,7-8H2,1-6H3,(H,15,17). The molecule has 1 aliphatic rings. The number of amides is 1. The molecule has 0 spiro atoms. The SMILES string of the molecule is CC1=C(C(=O)NC(C)(C)C(C)C)N(C)CCN1. The van der Waals surface area contributed by atoms with Crippen LogP contribution in [-0.4, -0.2) is 36.5 Å². The van der Waals surface area contributed by atoms with Crippen LogP contribution in [0.2, 0.25) is 0 Å². The van der Waals surface area contributed by atoms with Gasteiger partial charge in [0.25, 0.3) is 5.91 Å². The predicted molar refractivity (Wildman–Crippen MR) is 70.4 cm³/mol. The lowest BCUT2D eigenvalue weighted by Gasteiger charge is -2.35. The van der Waals surface area contributed by atoms with E-state index in [4.69, 9.17) is 0 Å². The molecule has 0 radical (unpaired) electrons. The lowest BCUT2D eigenvalue weighted by Crippen LogP contribution is -2.51. The molecular formula is C13H25N3O. The number of rotatable bonds is 3. The first kappa shape index (κ1) is 13.9. The third kappa shape index (κ3) is 3.14. The highest BCUT2D eigenvalue weighted by molar-refractivity contribution is 5.94. The zero-order chi connectivity index (χ0) is 13.2. The molecule has 0 atom stereocenters. The summed E-state index contributed by atoms with van der Waals surface area (Å²) in [5, 5.41) is 6.34. The van der Waals surface area contributed by atoms with Crippen molar-refractivity contribution < 1.29 is 4.79 Å². The van der Waals surface area contributed by atoms with Crippen molar-refractivity contribution >= 4 is 5.91 Å². The molecule has 0 saturated carbocycles. The van der Waals surface area contributed by atoms with E-state index in [1.165, 1.54) is 0 Å². The van der Waals surface area contributed by atoms with Gasteiger partial charge in [0.1, 0.15) is 5.70 Å². The van der Waals surface area contributed by atoms with Gasteiger partial charge in [-0.15, -0.1) is 0 Å². The van der Waals surface area contributed by atoms with Crippen LogP contribution in [0.3, 0.4) is 0 Å². The van der Waals surface area contributed by atoms with E-state index in [0.29, 0.717) is 5.92 Å². The average Bonchev–Trinajstić information content (AvgIpc) is 2.15. The smallest absolute Gasteiger partial charge is 0.269 e. The van der Waals surface area contributed by atoms with E-state index in [1.54, 1.807) is 0 Å². The minimum absolute atomic E-state index is 0.0101. The van der Waals surface area contributed by atoms with Gasteiger partial charge in [0.15, 0.2) is 0 Å². The Labute approximate surface area is 104 Å². The second-order valence-corrected chi connectivity index (χ2v) is 5.65. The van der Waals surface area contributed by atoms with E-state index in [-0.39, 0.29) is 11.4 Å². The van der Waals surface area contributed by atoms with Crippen molar-refractivity contribution in [3.05, 3.63) is 11.4 Å². The van der Waals surface area contributed by atoms with E-state index in [0.717, 1.165) is 24.5 Å². The van der Waals surface area contributed by atoms with Crippen molar-refractivity contribution in [3.63, 3.8) is 0 Å². The molecule has 1 rings (SSSR count). The number of nitrogens with zero attached hydrogens (tertiary/aromatic N) is 1. The van der Waals surface area contributed by atoms with Gasteiger partial charge < -0.3 is 15.5 Å². The van der Waals surface area contributed by atoms with Crippen molar-refractivity contribution in [3.8, 4) is 0 Å². The Kier molecular flexibility index (Phi) is 4.07. The summed E-state index contributed by atoms with van der Waals surface area (Å²) in [6.45, 7) is 12.1. The van der Waals surface area contributed by atoms with Gasteiger partial charge in [0.2, 0.25) is 0 Å². The van der Waals surface area contributed by atoms with E-state index in [9.17, 15) is 4.79 Å². The van der Waals surface area contributed by atoms with Crippen LogP contribution in [-0.2, 0) is 4.79 Å². The Morgan fingerprint density at radius 2 is 2.06 bits per heavy atom. The van der Waals surface area contributed by atoms with Crippen LogP contribution >= 0.6 is 0 Å². The number of carbonyl (C=O) groups is 1. The minimum atomic E-state index is -0.192. The van der Waals surface area contributed by atoms with Gasteiger partial charge in [-0.1, -0.05) is 13.8 Å². The number of nitrogens with one attached hydrogen (secondary N) is 2. The first-order chi connectivity index (χ1) is 7.75. The molecule has 0 aliphatic carbocycles. The maximum atomic E-state index is 12.3. The molecule has 1 amide bonds. The zero-order valence-electron chi connectivity index (χ0n) is 11.8. The molecule has 4 heteroatoms. The Bertz CT molecular complexity index is 332. The summed E-state index contributed by atoms with van der Waals surface area (Å²) in [7, 11) is 1.96. The Morgan fingerprint density at radius 1 is 1.47 bits per heavy atom. The highest BCUT2D eigenvalue weighted by Gasteiger charge is 2.28. The summed E-state index contributed by atoms with van der Waals surface area (Å²) in [6, 6.07) is 0. The second kappa shape index (κ2) is 4.98. The molecule has 1 heterocycles. The van der Waals surface area contributed by atoms with Crippen LogP contribution in [0.4, 0.5) is 0 Å². The van der Waals surface area contributed by atoms with Gasteiger partial charge in [-0.05, 0) is 26.7 Å². The van der Waals surface area contributed by atoms with Gasteiger partial charge in [-0.25, -0.2) is 0 Å². The van der Waals surface area contributed by atoms with Crippen molar-refractivity contribution in [1.82, 2.24) is 15.5 Å². The summed E-state index contributed by atoms with van der Waals surface area (Å²) in [5.74, 6) is 0.408. The molecule has 0 aromatic rings. The first-order valence-corrected chi connectivity index (χ1v) is 6.24. The van der Waals surface area contributed by atoms with Gasteiger partial charge >= 0.3 is 0 Å². The molecule has 0 bridgehead atoms. The quantitative estimate of drug-likeness (QED) is 0.780. The molecule has 1 aliphatic heterocycles. The average molecular weight is 239 g/mol. The zero-order valence-corrected chi connectivity index (χ0v) is 11.8. The molecule has 98 valence electrons. The van der Waals surface area contributed by atoms with E-state index < -0.39 is 0 Å². The van der Waals surface area contributed by atoms with Crippen LogP contribution in [0.5, 0.6) is 0 Å². The molecule has 2 N–H and O–H groups in total. The highest BCUT2D eigenvalue weighted by Crippen LogP contribution is 2.18. The molecule has 0 unspecified atom stereocenters. The number of carbonyl (C=O) groups excluding carboxylic acids is 1. The lowest BCUT2D eigenvalue weighted by atomic mass is 9.90. The van der Waals surface area contributed by atoms with Crippen LogP contribution < -0.4 is 10.6 Å². The molecule has 0 fully saturated rings. The Morgan fingerprint density at radius 3 is 2.53 bits per heavy atom. The van der Waals surface area contributed by atoms with Gasteiger partial charge in [-0.3, -0.25) is 4.79 Å². The van der Waals surface area contributed by atoms with E-state index in [2.05, 4.69) is 38.3 Å². The van der Waals surface area contributed by atoms with Gasteiger partial charge in [-0.2, -0.15) is 0 Å². The van der Waals surface area contributed by atoms with Crippen molar-refractivity contribution in [2.45, 2.75) is 40.2 Å².